The molecule has 3 nitrogen and oxygen atoms in total. The average Bonchev–Trinajstić information content (AvgIpc) is 2.67. The maximum atomic E-state index is 9.09. The Balaban J connectivity index is 2.34. The monoisotopic (exact) mass is 209 g/mol. The molecule has 14 heavy (non-hydrogen) atoms. The van der Waals surface area contributed by atoms with Crippen molar-refractivity contribution >= 4 is 11.6 Å². The molecule has 0 spiro atoms. The van der Waals surface area contributed by atoms with Gasteiger partial charge in [-0.3, -0.25) is 0 Å². The van der Waals surface area contributed by atoms with Gasteiger partial charge in [0.25, 0.3) is 0 Å². The molecule has 0 unspecified atom stereocenters. The lowest BCUT2D eigenvalue weighted by Crippen LogP contribution is -1.75. The Morgan fingerprint density at radius 2 is 2.00 bits per heavy atom. The Labute approximate surface area is 85.9 Å². The van der Waals surface area contributed by atoms with Crippen molar-refractivity contribution in [1.82, 2.24) is 5.16 Å². The molecular weight excluding hydrogens is 202 g/mol. The van der Waals surface area contributed by atoms with E-state index < -0.39 is 0 Å². The highest BCUT2D eigenvalue weighted by Crippen LogP contribution is 2.21. The molecule has 1 aromatic carbocycles. The second kappa shape index (κ2) is 3.72. The van der Waals surface area contributed by atoms with E-state index in [2.05, 4.69) is 5.16 Å². The fourth-order valence-corrected chi connectivity index (χ4v) is 1.27. The maximum Gasteiger partial charge on any atom is 0.152 e. The predicted octanol–water partition coefficient (Wildman–Crippen LogP) is 2.79. The second-order valence-corrected chi connectivity index (χ2v) is 3.13. The molecule has 1 aromatic heterocycles. The van der Waals surface area contributed by atoms with Crippen LogP contribution in [0.25, 0.3) is 11.3 Å². The summed E-state index contributed by atoms with van der Waals surface area (Å²) in [5.41, 5.74) is 1.61. The van der Waals surface area contributed by atoms with Gasteiger partial charge >= 0.3 is 0 Å². The SMILES string of the molecule is Oc1ccc(-c2cc(CCl)on2)cc1. The van der Waals surface area contributed by atoms with E-state index in [1.54, 1.807) is 30.3 Å². The molecule has 0 saturated carbocycles. The van der Waals surface area contributed by atoms with Crippen LogP contribution in [0.5, 0.6) is 5.75 Å². The summed E-state index contributed by atoms with van der Waals surface area (Å²) < 4.78 is 4.95. The number of aromatic nitrogens is 1. The molecule has 0 aliphatic heterocycles. The van der Waals surface area contributed by atoms with Crippen molar-refractivity contribution in [2.24, 2.45) is 0 Å². The van der Waals surface area contributed by atoms with Crippen molar-refractivity contribution in [3.05, 3.63) is 36.1 Å². The third-order valence-corrected chi connectivity index (χ3v) is 2.12. The molecule has 4 heteroatoms. The zero-order valence-corrected chi connectivity index (χ0v) is 8.03. The standard InChI is InChI=1S/C10H8ClNO2/c11-6-9-5-10(12-14-9)7-1-3-8(13)4-2-7/h1-5,13H,6H2. The van der Waals surface area contributed by atoms with Crippen molar-refractivity contribution in [3.63, 3.8) is 0 Å². The number of aromatic hydroxyl groups is 1. The van der Waals surface area contributed by atoms with Gasteiger partial charge in [-0.25, -0.2) is 0 Å². The first kappa shape index (κ1) is 9.09. The van der Waals surface area contributed by atoms with E-state index >= 15 is 0 Å². The van der Waals surface area contributed by atoms with Crippen LogP contribution in [0.3, 0.4) is 0 Å². The molecule has 2 rings (SSSR count). The van der Waals surface area contributed by atoms with Crippen molar-refractivity contribution in [3.8, 4) is 17.0 Å². The zero-order chi connectivity index (χ0) is 9.97. The van der Waals surface area contributed by atoms with Gasteiger partial charge in [0, 0.05) is 11.6 Å². The van der Waals surface area contributed by atoms with Crippen LogP contribution in [-0.4, -0.2) is 10.3 Å². The molecule has 0 fully saturated rings. The first-order valence-electron chi connectivity index (χ1n) is 4.10. The molecule has 0 radical (unpaired) electrons. The van der Waals surface area contributed by atoms with Crippen LogP contribution in [-0.2, 0) is 5.88 Å². The fourth-order valence-electron chi connectivity index (χ4n) is 1.14. The van der Waals surface area contributed by atoms with Gasteiger partial charge in [-0.05, 0) is 24.3 Å². The molecule has 1 heterocycles. The summed E-state index contributed by atoms with van der Waals surface area (Å²) in [6.07, 6.45) is 0. The zero-order valence-electron chi connectivity index (χ0n) is 7.27. The Morgan fingerprint density at radius 3 is 2.57 bits per heavy atom. The number of phenolic OH excluding ortho intramolecular Hbond substituents is 1. The van der Waals surface area contributed by atoms with Crippen LogP contribution >= 0.6 is 11.6 Å². The van der Waals surface area contributed by atoms with Crippen LogP contribution < -0.4 is 0 Å². The van der Waals surface area contributed by atoms with Gasteiger partial charge in [-0.15, -0.1) is 11.6 Å². The number of alkyl halides is 1. The summed E-state index contributed by atoms with van der Waals surface area (Å²) in [6.45, 7) is 0. The van der Waals surface area contributed by atoms with E-state index in [1.807, 2.05) is 0 Å². The van der Waals surface area contributed by atoms with E-state index in [1.165, 1.54) is 0 Å². The van der Waals surface area contributed by atoms with Crippen LogP contribution in [0.4, 0.5) is 0 Å². The minimum atomic E-state index is 0.231. The molecule has 0 aliphatic carbocycles. The van der Waals surface area contributed by atoms with Crippen LogP contribution in [0, 0.1) is 0 Å². The highest BCUT2D eigenvalue weighted by molar-refractivity contribution is 6.16. The lowest BCUT2D eigenvalue weighted by atomic mass is 10.1. The van der Waals surface area contributed by atoms with Gasteiger partial charge in [-0.1, -0.05) is 5.16 Å². The Bertz CT molecular complexity index is 422. The molecule has 0 bridgehead atoms. The Morgan fingerprint density at radius 1 is 1.29 bits per heavy atom. The number of benzene rings is 1. The number of hydrogen-bond donors (Lipinski definition) is 1. The number of phenols is 1. The summed E-state index contributed by atoms with van der Waals surface area (Å²) in [5.74, 6) is 1.18. The minimum Gasteiger partial charge on any atom is -0.508 e. The van der Waals surface area contributed by atoms with Gasteiger partial charge in [0.2, 0.25) is 0 Å². The maximum absolute atomic E-state index is 9.09. The van der Waals surface area contributed by atoms with Crippen LogP contribution in [0.1, 0.15) is 5.76 Å². The Hall–Kier alpha value is -1.48. The fraction of sp³-hybridized carbons (Fsp3) is 0.100. The smallest absolute Gasteiger partial charge is 0.152 e. The highest BCUT2D eigenvalue weighted by atomic mass is 35.5. The first-order chi connectivity index (χ1) is 6.79. The lowest BCUT2D eigenvalue weighted by molar-refractivity contribution is 0.396. The number of hydrogen-bond acceptors (Lipinski definition) is 3. The van der Waals surface area contributed by atoms with Gasteiger partial charge in [0.1, 0.15) is 11.4 Å². The number of rotatable bonds is 2. The second-order valence-electron chi connectivity index (χ2n) is 2.86. The normalized spacial score (nSPS) is 10.4. The van der Waals surface area contributed by atoms with Gasteiger partial charge in [-0.2, -0.15) is 0 Å². The largest absolute Gasteiger partial charge is 0.508 e. The summed E-state index contributed by atoms with van der Waals surface area (Å²) in [4.78, 5) is 0. The molecule has 1 N–H and O–H groups in total. The highest BCUT2D eigenvalue weighted by Gasteiger charge is 2.04. The van der Waals surface area contributed by atoms with Gasteiger partial charge in [0.05, 0.1) is 5.88 Å². The molecule has 0 atom stereocenters. The van der Waals surface area contributed by atoms with E-state index in [0.29, 0.717) is 11.6 Å². The van der Waals surface area contributed by atoms with E-state index in [9.17, 15) is 0 Å². The van der Waals surface area contributed by atoms with E-state index in [-0.39, 0.29) is 5.75 Å². The predicted molar refractivity (Wildman–Crippen MR) is 53.2 cm³/mol. The topological polar surface area (TPSA) is 46.3 Å². The number of halogens is 1. The number of nitrogens with zero attached hydrogens (tertiary/aromatic N) is 1. The van der Waals surface area contributed by atoms with Crippen LogP contribution in [0.2, 0.25) is 0 Å². The summed E-state index contributed by atoms with van der Waals surface area (Å²) >= 11 is 5.58. The van der Waals surface area contributed by atoms with E-state index in [4.69, 9.17) is 21.2 Å². The van der Waals surface area contributed by atoms with Crippen molar-refractivity contribution in [2.45, 2.75) is 5.88 Å². The summed E-state index contributed by atoms with van der Waals surface area (Å²) in [5, 5.41) is 12.9. The first-order valence-corrected chi connectivity index (χ1v) is 4.64. The molecule has 0 aliphatic rings. The van der Waals surface area contributed by atoms with E-state index in [0.717, 1.165) is 11.3 Å². The van der Waals surface area contributed by atoms with Crippen LogP contribution in [0.15, 0.2) is 34.9 Å². The third-order valence-electron chi connectivity index (χ3n) is 1.85. The quantitative estimate of drug-likeness (QED) is 0.774. The summed E-state index contributed by atoms with van der Waals surface area (Å²) in [6, 6.07) is 8.52. The van der Waals surface area contributed by atoms with Crippen molar-refractivity contribution in [2.75, 3.05) is 0 Å². The van der Waals surface area contributed by atoms with Gasteiger partial charge < -0.3 is 9.63 Å². The Kier molecular flexibility index (Phi) is 2.41. The van der Waals surface area contributed by atoms with Crippen molar-refractivity contribution < 1.29 is 9.63 Å². The molecular formula is C10H8ClNO2. The molecule has 72 valence electrons. The third kappa shape index (κ3) is 1.72. The molecule has 0 saturated heterocycles. The molecule has 2 aromatic rings. The average molecular weight is 210 g/mol. The molecule has 0 amide bonds. The minimum absolute atomic E-state index is 0.231. The van der Waals surface area contributed by atoms with Crippen molar-refractivity contribution in [1.29, 1.82) is 0 Å². The summed E-state index contributed by atoms with van der Waals surface area (Å²) in [7, 11) is 0. The van der Waals surface area contributed by atoms with Gasteiger partial charge in [0.15, 0.2) is 5.76 Å². The lowest BCUT2D eigenvalue weighted by Gasteiger charge is -1.94.